The van der Waals surface area contributed by atoms with Crippen LogP contribution in [0.1, 0.15) is 5.56 Å². The zero-order chi connectivity index (χ0) is 13.2. The summed E-state index contributed by atoms with van der Waals surface area (Å²) in [5.74, 6) is -0.120. The highest BCUT2D eigenvalue weighted by Crippen LogP contribution is 2.19. The van der Waals surface area contributed by atoms with Crippen molar-refractivity contribution in [2.24, 2.45) is 0 Å². The van der Waals surface area contributed by atoms with E-state index in [1.807, 2.05) is 50.0 Å². The van der Waals surface area contributed by atoms with Gasteiger partial charge < -0.3 is 4.43 Å². The summed E-state index contributed by atoms with van der Waals surface area (Å²) in [6.45, 7) is 6.07. The van der Waals surface area contributed by atoms with Crippen molar-refractivity contribution >= 4 is 25.1 Å². The molecule has 2 aromatic carbocycles. The minimum Gasteiger partial charge on any atom is -0.520 e. The van der Waals surface area contributed by atoms with Crippen LogP contribution in [0.4, 0.5) is 0 Å². The summed E-state index contributed by atoms with van der Waals surface area (Å²) in [4.78, 5) is 11.9. The van der Waals surface area contributed by atoms with Gasteiger partial charge in [0.05, 0.1) is 6.42 Å². The van der Waals surface area contributed by atoms with E-state index in [9.17, 15) is 4.79 Å². The van der Waals surface area contributed by atoms with E-state index in [1.54, 1.807) is 0 Å². The van der Waals surface area contributed by atoms with Gasteiger partial charge in [0.1, 0.15) is 0 Å². The molecule has 2 nitrogen and oxygen atoms in total. The van der Waals surface area contributed by atoms with Gasteiger partial charge in [-0.2, -0.15) is 0 Å². The molecule has 18 heavy (non-hydrogen) atoms. The summed E-state index contributed by atoms with van der Waals surface area (Å²) in [5.41, 5.74) is 1.04. The van der Waals surface area contributed by atoms with Crippen LogP contribution in [0.5, 0.6) is 0 Å². The van der Waals surface area contributed by atoms with Crippen molar-refractivity contribution in [3.05, 3.63) is 48.0 Å². The highest BCUT2D eigenvalue weighted by molar-refractivity contribution is 6.71. The molecule has 2 aromatic rings. The summed E-state index contributed by atoms with van der Waals surface area (Å²) in [7, 11) is -1.79. The Morgan fingerprint density at radius 2 is 1.72 bits per heavy atom. The lowest BCUT2D eigenvalue weighted by molar-refractivity contribution is -0.134. The maximum atomic E-state index is 11.9. The molecule has 0 aromatic heterocycles. The van der Waals surface area contributed by atoms with Gasteiger partial charge in [0, 0.05) is 0 Å². The van der Waals surface area contributed by atoms with Crippen molar-refractivity contribution in [2.45, 2.75) is 26.1 Å². The largest absolute Gasteiger partial charge is 0.520 e. The minimum atomic E-state index is -1.79. The fraction of sp³-hybridized carbons (Fsp3) is 0.267. The number of fused-ring (bicyclic) bond motifs is 1. The maximum absolute atomic E-state index is 11.9. The van der Waals surface area contributed by atoms with Gasteiger partial charge in [-0.15, -0.1) is 0 Å². The maximum Gasteiger partial charge on any atom is 0.296 e. The summed E-state index contributed by atoms with van der Waals surface area (Å²) in [6.07, 6.45) is 0.353. The molecule has 0 radical (unpaired) electrons. The second-order valence-corrected chi connectivity index (χ2v) is 9.83. The molecule has 3 heteroatoms. The standard InChI is InChI=1S/C15H18O2Si/c1-18(2,3)17-15(16)11-13-9-6-8-12-7-4-5-10-14(12)13/h4-10H,11H2,1-3H3. The normalized spacial score (nSPS) is 11.5. The third-order valence-electron chi connectivity index (χ3n) is 2.63. The van der Waals surface area contributed by atoms with E-state index in [4.69, 9.17) is 4.43 Å². The summed E-state index contributed by atoms with van der Waals surface area (Å²) in [5, 5.41) is 2.29. The van der Waals surface area contributed by atoms with Gasteiger partial charge >= 0.3 is 0 Å². The lowest BCUT2D eigenvalue weighted by Crippen LogP contribution is -2.30. The predicted molar refractivity (Wildman–Crippen MR) is 77.1 cm³/mol. The SMILES string of the molecule is C[Si](C)(C)OC(=O)Cc1cccc2ccccc12. The van der Waals surface area contributed by atoms with Crippen LogP contribution in [0, 0.1) is 0 Å². The molecule has 0 aliphatic heterocycles. The van der Waals surface area contributed by atoms with E-state index in [-0.39, 0.29) is 5.97 Å². The molecule has 0 bridgehead atoms. The summed E-state index contributed by atoms with van der Waals surface area (Å²) in [6, 6.07) is 14.1. The van der Waals surface area contributed by atoms with Gasteiger partial charge in [-0.05, 0) is 36.0 Å². The average molecular weight is 258 g/mol. The van der Waals surface area contributed by atoms with Crippen LogP contribution in [0.15, 0.2) is 42.5 Å². The zero-order valence-electron chi connectivity index (χ0n) is 11.1. The molecule has 0 saturated carbocycles. The van der Waals surface area contributed by atoms with Crippen molar-refractivity contribution in [1.29, 1.82) is 0 Å². The molecule has 0 aliphatic carbocycles. The first-order valence-corrected chi connectivity index (χ1v) is 9.55. The van der Waals surface area contributed by atoms with Crippen molar-refractivity contribution < 1.29 is 9.22 Å². The first kappa shape index (κ1) is 12.8. The highest BCUT2D eigenvalue weighted by Gasteiger charge is 2.20. The third-order valence-corrected chi connectivity index (χ3v) is 3.47. The Labute approximate surface area is 109 Å². The van der Waals surface area contributed by atoms with Gasteiger partial charge in [0.25, 0.3) is 5.97 Å². The molecule has 0 saturated heterocycles. The van der Waals surface area contributed by atoms with Crippen LogP contribution >= 0.6 is 0 Å². The van der Waals surface area contributed by atoms with Gasteiger partial charge in [0.2, 0.25) is 8.32 Å². The Morgan fingerprint density at radius 1 is 1.06 bits per heavy atom. The van der Waals surface area contributed by atoms with Crippen LogP contribution in [0.25, 0.3) is 10.8 Å². The van der Waals surface area contributed by atoms with Gasteiger partial charge in [-0.25, -0.2) is 0 Å². The smallest absolute Gasteiger partial charge is 0.296 e. The van der Waals surface area contributed by atoms with E-state index in [2.05, 4.69) is 12.1 Å². The number of rotatable bonds is 3. The third kappa shape index (κ3) is 3.20. The zero-order valence-corrected chi connectivity index (χ0v) is 12.1. The first-order chi connectivity index (χ1) is 8.46. The number of hydrogen-bond acceptors (Lipinski definition) is 2. The molecule has 0 unspecified atom stereocenters. The number of carbonyl (C=O) groups is 1. The summed E-state index contributed by atoms with van der Waals surface area (Å²) >= 11 is 0. The van der Waals surface area contributed by atoms with Crippen LogP contribution < -0.4 is 0 Å². The van der Waals surface area contributed by atoms with Gasteiger partial charge in [-0.3, -0.25) is 4.79 Å². The van der Waals surface area contributed by atoms with Gasteiger partial charge in [0.15, 0.2) is 0 Å². The Hall–Kier alpha value is -1.61. The van der Waals surface area contributed by atoms with Gasteiger partial charge in [-0.1, -0.05) is 42.5 Å². The predicted octanol–water partition coefficient (Wildman–Crippen LogP) is 3.76. The highest BCUT2D eigenvalue weighted by atomic mass is 28.4. The van der Waals surface area contributed by atoms with Crippen molar-refractivity contribution in [3.63, 3.8) is 0 Å². The van der Waals surface area contributed by atoms with Crippen LogP contribution in [-0.4, -0.2) is 14.3 Å². The first-order valence-electron chi connectivity index (χ1n) is 6.14. The fourth-order valence-electron chi connectivity index (χ4n) is 1.98. The fourth-order valence-corrected chi connectivity index (χ4v) is 2.73. The lowest BCUT2D eigenvalue weighted by Gasteiger charge is -2.17. The van der Waals surface area contributed by atoms with Crippen LogP contribution in [-0.2, 0) is 15.6 Å². The van der Waals surface area contributed by atoms with E-state index in [0.717, 1.165) is 16.3 Å². The minimum absolute atomic E-state index is 0.120. The molecule has 0 atom stereocenters. The van der Waals surface area contributed by atoms with Crippen molar-refractivity contribution in [1.82, 2.24) is 0 Å². The number of hydrogen-bond donors (Lipinski definition) is 0. The molecular weight excluding hydrogens is 240 g/mol. The van der Waals surface area contributed by atoms with E-state index in [0.29, 0.717) is 6.42 Å². The second kappa shape index (κ2) is 4.94. The van der Waals surface area contributed by atoms with Crippen molar-refractivity contribution in [3.8, 4) is 0 Å². The molecule has 0 heterocycles. The molecule has 0 aliphatic rings. The molecule has 2 rings (SSSR count). The van der Waals surface area contributed by atoms with E-state index >= 15 is 0 Å². The molecular formula is C15H18O2Si. The number of carbonyl (C=O) groups excluding carboxylic acids is 1. The molecule has 0 amide bonds. The second-order valence-electron chi connectivity index (χ2n) is 5.40. The summed E-state index contributed by atoms with van der Waals surface area (Å²) < 4.78 is 5.49. The molecule has 94 valence electrons. The van der Waals surface area contributed by atoms with E-state index in [1.165, 1.54) is 0 Å². The molecule has 0 fully saturated rings. The quantitative estimate of drug-likeness (QED) is 0.784. The van der Waals surface area contributed by atoms with Crippen LogP contribution in [0.2, 0.25) is 19.6 Å². The molecule has 0 N–H and O–H groups in total. The Balaban J connectivity index is 2.24. The Morgan fingerprint density at radius 3 is 2.44 bits per heavy atom. The Bertz CT molecular complexity index is 565. The Kier molecular flexibility index (Phi) is 3.52. The monoisotopic (exact) mass is 258 g/mol. The number of benzene rings is 2. The average Bonchev–Trinajstić information content (AvgIpc) is 2.27. The van der Waals surface area contributed by atoms with E-state index < -0.39 is 8.32 Å². The van der Waals surface area contributed by atoms with Crippen LogP contribution in [0.3, 0.4) is 0 Å². The topological polar surface area (TPSA) is 26.3 Å². The van der Waals surface area contributed by atoms with Crippen molar-refractivity contribution in [2.75, 3.05) is 0 Å². The molecule has 0 spiro atoms. The lowest BCUT2D eigenvalue weighted by atomic mass is 10.0.